The first-order valence-corrected chi connectivity index (χ1v) is 11.3. The molecular formula is C25H32O5. The Balaban J connectivity index is 1.64. The summed E-state index contributed by atoms with van der Waals surface area (Å²) in [7, 11) is 0. The molecule has 5 rings (SSSR count). The SMILES string of the molecule is CC1=C2O[C@@]3(C)CC[C@H]4C(C)(C)C(=O)CC[C@]4(C)[C@H]3C[C@]2(C)C2=C(C(=O)OC2)C1=O. The molecular weight excluding hydrogens is 380 g/mol. The summed E-state index contributed by atoms with van der Waals surface area (Å²) in [5.74, 6) is 0.900. The third-order valence-corrected chi connectivity index (χ3v) is 9.62. The number of ketones is 2. The van der Waals surface area contributed by atoms with Gasteiger partial charge in [0.05, 0.1) is 5.41 Å². The Labute approximate surface area is 178 Å². The number of Topliss-reactive ketones (excluding diaryl/α,β-unsaturated/α-hetero) is 2. The highest BCUT2D eigenvalue weighted by Gasteiger charge is 2.66. The van der Waals surface area contributed by atoms with E-state index in [4.69, 9.17) is 9.47 Å². The molecule has 0 amide bonds. The molecule has 162 valence electrons. The Bertz CT molecular complexity index is 968. The summed E-state index contributed by atoms with van der Waals surface area (Å²) < 4.78 is 12.1. The number of rotatable bonds is 0. The van der Waals surface area contributed by atoms with E-state index in [-0.39, 0.29) is 40.3 Å². The molecule has 30 heavy (non-hydrogen) atoms. The zero-order valence-corrected chi connectivity index (χ0v) is 18.9. The molecule has 3 aliphatic carbocycles. The van der Waals surface area contributed by atoms with Crippen molar-refractivity contribution < 1.29 is 23.9 Å². The van der Waals surface area contributed by atoms with E-state index in [0.717, 1.165) is 37.0 Å². The summed E-state index contributed by atoms with van der Waals surface area (Å²) >= 11 is 0. The average molecular weight is 413 g/mol. The predicted octanol–water partition coefficient (Wildman–Crippen LogP) is 4.30. The van der Waals surface area contributed by atoms with Crippen molar-refractivity contribution in [2.45, 2.75) is 79.2 Å². The molecule has 0 bridgehead atoms. The van der Waals surface area contributed by atoms with Crippen molar-refractivity contribution in [3.05, 3.63) is 22.5 Å². The number of allylic oxidation sites excluding steroid dienone is 2. The van der Waals surface area contributed by atoms with Crippen molar-refractivity contribution in [1.82, 2.24) is 0 Å². The molecule has 5 atom stereocenters. The fraction of sp³-hybridized carbons (Fsp3) is 0.720. The molecule has 1 saturated heterocycles. The first-order chi connectivity index (χ1) is 13.9. The third-order valence-electron chi connectivity index (χ3n) is 9.62. The molecule has 5 heteroatoms. The number of carbonyl (C=O) groups is 3. The van der Waals surface area contributed by atoms with Crippen LogP contribution in [0, 0.1) is 28.1 Å². The molecule has 0 N–H and O–H groups in total. The monoisotopic (exact) mass is 412 g/mol. The lowest BCUT2D eigenvalue weighted by molar-refractivity contribution is -0.211. The van der Waals surface area contributed by atoms with Crippen LogP contribution in [0.2, 0.25) is 0 Å². The molecule has 0 radical (unpaired) electrons. The van der Waals surface area contributed by atoms with Crippen molar-refractivity contribution in [2.75, 3.05) is 6.61 Å². The Hall–Kier alpha value is -1.91. The van der Waals surface area contributed by atoms with Gasteiger partial charge in [0, 0.05) is 23.3 Å². The number of hydrogen-bond donors (Lipinski definition) is 0. The Kier molecular flexibility index (Phi) is 3.78. The first-order valence-electron chi connectivity index (χ1n) is 11.3. The lowest BCUT2D eigenvalue weighted by Gasteiger charge is -2.65. The molecule has 0 unspecified atom stereocenters. The number of carbonyl (C=O) groups excluding carboxylic acids is 3. The minimum absolute atomic E-state index is 0.0293. The molecule has 0 aromatic heterocycles. The number of hydrogen-bond acceptors (Lipinski definition) is 5. The van der Waals surface area contributed by atoms with Gasteiger partial charge in [0.25, 0.3) is 0 Å². The largest absolute Gasteiger partial charge is 0.490 e. The van der Waals surface area contributed by atoms with E-state index in [1.165, 1.54) is 0 Å². The maximum absolute atomic E-state index is 13.0. The van der Waals surface area contributed by atoms with Crippen LogP contribution in [0.3, 0.4) is 0 Å². The standard InChI is InChI=1S/C25H32O5/c1-13-19(27)18-14(12-29-21(18)28)24(5)11-16-23(4)9-8-17(26)22(2,3)15(23)7-10-25(16,6)30-20(13)24/h15-16H,7-12H2,1-6H3/t15-,16+,23-,24+,25-/m0/s1. The van der Waals surface area contributed by atoms with E-state index < -0.39 is 11.4 Å². The van der Waals surface area contributed by atoms with E-state index in [1.54, 1.807) is 6.92 Å². The van der Waals surface area contributed by atoms with E-state index in [9.17, 15) is 14.4 Å². The average Bonchev–Trinajstić information content (AvgIpc) is 3.06. The van der Waals surface area contributed by atoms with Gasteiger partial charge < -0.3 is 9.47 Å². The number of esters is 1. The molecule has 2 aliphatic heterocycles. The van der Waals surface area contributed by atoms with Gasteiger partial charge >= 0.3 is 5.97 Å². The van der Waals surface area contributed by atoms with Crippen LogP contribution in [0.5, 0.6) is 0 Å². The van der Waals surface area contributed by atoms with Gasteiger partial charge in [0.15, 0.2) is 5.78 Å². The van der Waals surface area contributed by atoms with Crippen molar-refractivity contribution in [1.29, 1.82) is 0 Å². The Morgan fingerprint density at radius 2 is 1.67 bits per heavy atom. The van der Waals surface area contributed by atoms with Crippen LogP contribution in [0.1, 0.15) is 73.6 Å². The first kappa shape index (κ1) is 20.0. The van der Waals surface area contributed by atoms with Crippen LogP contribution < -0.4 is 0 Å². The van der Waals surface area contributed by atoms with Crippen LogP contribution in [0.15, 0.2) is 22.5 Å². The lowest BCUT2D eigenvalue weighted by Crippen LogP contribution is -2.63. The summed E-state index contributed by atoms with van der Waals surface area (Å²) in [6.07, 6.45) is 4.12. The predicted molar refractivity (Wildman–Crippen MR) is 110 cm³/mol. The van der Waals surface area contributed by atoms with E-state index in [1.807, 2.05) is 0 Å². The molecule has 0 spiro atoms. The normalized spacial score (nSPS) is 44.7. The summed E-state index contributed by atoms with van der Waals surface area (Å²) in [6.45, 7) is 12.8. The van der Waals surface area contributed by atoms with Gasteiger partial charge in [-0.25, -0.2) is 4.79 Å². The lowest BCUT2D eigenvalue weighted by atomic mass is 9.42. The van der Waals surface area contributed by atoms with Crippen LogP contribution in [0.25, 0.3) is 0 Å². The summed E-state index contributed by atoms with van der Waals surface area (Å²) in [5.41, 5.74) is 0.305. The zero-order valence-electron chi connectivity index (χ0n) is 18.9. The number of fused-ring (bicyclic) bond motifs is 5. The molecule has 5 aliphatic rings. The molecule has 0 aromatic rings. The topological polar surface area (TPSA) is 69.7 Å². The van der Waals surface area contributed by atoms with Gasteiger partial charge in [-0.1, -0.05) is 20.8 Å². The fourth-order valence-corrected chi connectivity index (χ4v) is 7.84. The second-order valence-electron chi connectivity index (χ2n) is 11.5. The van der Waals surface area contributed by atoms with Crippen molar-refractivity contribution in [3.8, 4) is 0 Å². The molecule has 0 aromatic carbocycles. The van der Waals surface area contributed by atoms with E-state index >= 15 is 0 Å². The summed E-state index contributed by atoms with van der Waals surface area (Å²) in [5, 5.41) is 0. The second-order valence-corrected chi connectivity index (χ2v) is 11.5. The van der Waals surface area contributed by atoms with Gasteiger partial charge in [0.2, 0.25) is 0 Å². The second kappa shape index (κ2) is 5.66. The Morgan fingerprint density at radius 3 is 2.37 bits per heavy atom. The van der Waals surface area contributed by atoms with Crippen molar-refractivity contribution in [2.24, 2.45) is 28.1 Å². The maximum Gasteiger partial charge on any atom is 0.342 e. The van der Waals surface area contributed by atoms with Crippen molar-refractivity contribution >= 4 is 17.5 Å². The highest BCUT2D eigenvalue weighted by Crippen LogP contribution is 2.68. The molecule has 2 heterocycles. The quantitative estimate of drug-likeness (QED) is 0.438. The highest BCUT2D eigenvalue weighted by molar-refractivity contribution is 6.26. The van der Waals surface area contributed by atoms with Crippen LogP contribution in [-0.2, 0) is 23.9 Å². The van der Waals surface area contributed by atoms with Crippen molar-refractivity contribution in [3.63, 3.8) is 0 Å². The maximum atomic E-state index is 13.0. The molecule has 2 saturated carbocycles. The molecule has 3 fully saturated rings. The minimum atomic E-state index is -0.514. The highest BCUT2D eigenvalue weighted by atomic mass is 16.5. The van der Waals surface area contributed by atoms with Crippen LogP contribution in [0.4, 0.5) is 0 Å². The molecule has 5 nitrogen and oxygen atoms in total. The summed E-state index contributed by atoms with van der Waals surface area (Å²) in [6, 6.07) is 0. The number of cyclic esters (lactones) is 1. The van der Waals surface area contributed by atoms with Gasteiger partial charge in [0.1, 0.15) is 29.3 Å². The van der Waals surface area contributed by atoms with Gasteiger partial charge in [-0.05, 0) is 63.4 Å². The van der Waals surface area contributed by atoms with Crippen LogP contribution in [-0.4, -0.2) is 29.7 Å². The van der Waals surface area contributed by atoms with Gasteiger partial charge in [-0.15, -0.1) is 0 Å². The minimum Gasteiger partial charge on any atom is -0.490 e. The summed E-state index contributed by atoms with van der Waals surface area (Å²) in [4.78, 5) is 38.1. The Morgan fingerprint density at radius 1 is 0.967 bits per heavy atom. The van der Waals surface area contributed by atoms with E-state index in [2.05, 4.69) is 34.6 Å². The van der Waals surface area contributed by atoms with Gasteiger partial charge in [-0.3, -0.25) is 9.59 Å². The zero-order chi connectivity index (χ0) is 21.9. The van der Waals surface area contributed by atoms with Gasteiger partial charge in [-0.2, -0.15) is 0 Å². The smallest absolute Gasteiger partial charge is 0.342 e. The van der Waals surface area contributed by atoms with E-state index in [0.29, 0.717) is 23.7 Å². The fourth-order valence-electron chi connectivity index (χ4n) is 7.84. The number of ether oxygens (including phenoxy) is 2. The third kappa shape index (κ3) is 2.17. The van der Waals surface area contributed by atoms with Crippen LogP contribution >= 0.6 is 0 Å².